The summed E-state index contributed by atoms with van der Waals surface area (Å²) in [5.74, 6) is 0.225. The third-order valence-electron chi connectivity index (χ3n) is 3.49. The van der Waals surface area contributed by atoms with E-state index in [9.17, 15) is 4.79 Å². The van der Waals surface area contributed by atoms with Crippen molar-refractivity contribution in [1.29, 1.82) is 0 Å². The molecule has 17 heavy (non-hydrogen) atoms. The smallest absolute Gasteiger partial charge is 0.242 e. The molecule has 1 rings (SSSR count). The zero-order chi connectivity index (χ0) is 13.1. The van der Waals surface area contributed by atoms with Crippen molar-refractivity contribution in [1.82, 2.24) is 15.1 Å². The Morgan fingerprint density at radius 2 is 1.76 bits per heavy atom. The molecule has 0 aromatic carbocycles. The Kier molecular flexibility index (Phi) is 4.95. The van der Waals surface area contributed by atoms with Crippen molar-refractivity contribution in [2.45, 2.75) is 46.2 Å². The van der Waals surface area contributed by atoms with Crippen molar-refractivity contribution in [2.75, 3.05) is 32.7 Å². The number of nitrogens with one attached hydrogen (secondary N) is 1. The summed E-state index contributed by atoms with van der Waals surface area (Å²) < 4.78 is 0. The van der Waals surface area contributed by atoms with E-state index >= 15 is 0 Å². The first-order chi connectivity index (χ1) is 7.88. The Balaban J connectivity index is 2.51. The Hall–Kier alpha value is -0.610. The van der Waals surface area contributed by atoms with Crippen LogP contribution in [0.4, 0.5) is 0 Å². The molecule has 1 N–H and O–H groups in total. The number of carbonyl (C=O) groups excluding carboxylic acids is 1. The SMILES string of the molecule is CCNC(C)(C)C(=O)N1CCN(C(C)C)CC1. The van der Waals surface area contributed by atoms with Gasteiger partial charge in [0.05, 0.1) is 5.54 Å². The topological polar surface area (TPSA) is 35.6 Å². The van der Waals surface area contributed by atoms with Gasteiger partial charge in [-0.3, -0.25) is 9.69 Å². The summed E-state index contributed by atoms with van der Waals surface area (Å²) in [6.45, 7) is 14.9. The predicted molar refractivity (Wildman–Crippen MR) is 71.0 cm³/mol. The molecule has 0 unspecified atom stereocenters. The maximum absolute atomic E-state index is 12.3. The van der Waals surface area contributed by atoms with Gasteiger partial charge in [0.25, 0.3) is 0 Å². The Labute approximate surface area is 105 Å². The van der Waals surface area contributed by atoms with E-state index < -0.39 is 5.54 Å². The van der Waals surface area contributed by atoms with E-state index in [-0.39, 0.29) is 5.91 Å². The number of hydrogen-bond acceptors (Lipinski definition) is 3. The molecule has 0 bridgehead atoms. The third-order valence-corrected chi connectivity index (χ3v) is 3.49. The molecule has 100 valence electrons. The molecule has 1 heterocycles. The van der Waals surface area contributed by atoms with Crippen LogP contribution in [0, 0.1) is 0 Å². The minimum absolute atomic E-state index is 0.225. The normalized spacial score (nSPS) is 18.8. The summed E-state index contributed by atoms with van der Waals surface area (Å²) in [4.78, 5) is 16.7. The summed E-state index contributed by atoms with van der Waals surface area (Å²) in [7, 11) is 0. The van der Waals surface area contributed by atoms with Gasteiger partial charge in [-0.05, 0) is 34.2 Å². The van der Waals surface area contributed by atoms with Gasteiger partial charge in [0, 0.05) is 32.2 Å². The number of piperazine rings is 1. The van der Waals surface area contributed by atoms with Crippen LogP contribution in [0.2, 0.25) is 0 Å². The molecule has 0 aliphatic carbocycles. The first-order valence-corrected chi connectivity index (χ1v) is 6.67. The van der Waals surface area contributed by atoms with Gasteiger partial charge in [-0.2, -0.15) is 0 Å². The van der Waals surface area contributed by atoms with Crippen molar-refractivity contribution < 1.29 is 4.79 Å². The van der Waals surface area contributed by atoms with Crippen molar-refractivity contribution in [2.24, 2.45) is 0 Å². The summed E-state index contributed by atoms with van der Waals surface area (Å²) in [6, 6.07) is 0.578. The van der Waals surface area contributed by atoms with Gasteiger partial charge in [-0.1, -0.05) is 6.92 Å². The molecule has 4 nitrogen and oxygen atoms in total. The van der Waals surface area contributed by atoms with E-state index in [0.717, 1.165) is 32.7 Å². The fourth-order valence-electron chi connectivity index (χ4n) is 2.35. The molecule has 1 fully saturated rings. The number of amides is 1. The van der Waals surface area contributed by atoms with Crippen LogP contribution < -0.4 is 5.32 Å². The molecule has 0 aromatic heterocycles. The number of likely N-dealkylation sites (N-methyl/N-ethyl adjacent to an activating group) is 1. The highest BCUT2D eigenvalue weighted by molar-refractivity contribution is 5.85. The molecule has 1 aliphatic heterocycles. The fourth-order valence-corrected chi connectivity index (χ4v) is 2.35. The highest BCUT2D eigenvalue weighted by Crippen LogP contribution is 2.12. The van der Waals surface area contributed by atoms with Gasteiger partial charge in [-0.15, -0.1) is 0 Å². The second kappa shape index (κ2) is 5.83. The average molecular weight is 241 g/mol. The maximum atomic E-state index is 12.3. The van der Waals surface area contributed by atoms with E-state index in [0.29, 0.717) is 6.04 Å². The lowest BCUT2D eigenvalue weighted by Crippen LogP contribution is -2.59. The highest BCUT2D eigenvalue weighted by Gasteiger charge is 2.32. The van der Waals surface area contributed by atoms with Crippen LogP contribution in [-0.2, 0) is 4.79 Å². The highest BCUT2D eigenvalue weighted by atomic mass is 16.2. The molecule has 0 atom stereocenters. The monoisotopic (exact) mass is 241 g/mol. The molecule has 0 radical (unpaired) electrons. The van der Waals surface area contributed by atoms with Crippen LogP contribution in [0.25, 0.3) is 0 Å². The van der Waals surface area contributed by atoms with E-state index in [1.54, 1.807) is 0 Å². The molecule has 1 aliphatic rings. The average Bonchev–Trinajstić information content (AvgIpc) is 2.28. The largest absolute Gasteiger partial charge is 0.339 e. The van der Waals surface area contributed by atoms with E-state index in [4.69, 9.17) is 0 Å². The van der Waals surface area contributed by atoms with Crippen LogP contribution in [-0.4, -0.2) is 60.0 Å². The minimum Gasteiger partial charge on any atom is -0.339 e. The molecule has 0 spiro atoms. The molecule has 0 saturated carbocycles. The zero-order valence-electron chi connectivity index (χ0n) is 11.9. The number of rotatable bonds is 4. The van der Waals surface area contributed by atoms with Gasteiger partial charge in [0.1, 0.15) is 0 Å². The second-order valence-corrected chi connectivity index (χ2v) is 5.58. The van der Waals surface area contributed by atoms with Gasteiger partial charge < -0.3 is 10.2 Å². The van der Waals surface area contributed by atoms with Gasteiger partial charge in [0.2, 0.25) is 5.91 Å². The maximum Gasteiger partial charge on any atom is 0.242 e. The van der Waals surface area contributed by atoms with Crippen molar-refractivity contribution in [3.63, 3.8) is 0 Å². The standard InChI is InChI=1S/C13H27N3O/c1-6-14-13(4,5)12(17)16-9-7-15(8-10-16)11(2)3/h11,14H,6-10H2,1-5H3. The number of carbonyl (C=O) groups is 1. The van der Waals surface area contributed by atoms with Crippen LogP contribution >= 0.6 is 0 Å². The van der Waals surface area contributed by atoms with Gasteiger partial charge in [-0.25, -0.2) is 0 Å². The first kappa shape index (κ1) is 14.5. The number of hydrogen-bond donors (Lipinski definition) is 1. The Bertz CT molecular complexity index is 255. The predicted octanol–water partition coefficient (Wildman–Crippen LogP) is 0.927. The summed E-state index contributed by atoms with van der Waals surface area (Å²) in [5, 5.41) is 3.25. The number of nitrogens with zero attached hydrogens (tertiary/aromatic N) is 2. The van der Waals surface area contributed by atoms with Crippen molar-refractivity contribution in [3.05, 3.63) is 0 Å². The Morgan fingerprint density at radius 1 is 1.24 bits per heavy atom. The zero-order valence-corrected chi connectivity index (χ0v) is 11.9. The minimum atomic E-state index is -0.436. The van der Waals surface area contributed by atoms with E-state index in [2.05, 4.69) is 24.1 Å². The lowest BCUT2D eigenvalue weighted by Gasteiger charge is -2.40. The van der Waals surface area contributed by atoms with Crippen LogP contribution in [0.5, 0.6) is 0 Å². The molecule has 0 aromatic rings. The molecular weight excluding hydrogens is 214 g/mol. The molecular formula is C13H27N3O. The van der Waals surface area contributed by atoms with Crippen LogP contribution in [0.1, 0.15) is 34.6 Å². The molecule has 1 amide bonds. The van der Waals surface area contributed by atoms with Crippen molar-refractivity contribution in [3.8, 4) is 0 Å². The van der Waals surface area contributed by atoms with Crippen LogP contribution in [0.3, 0.4) is 0 Å². The lowest BCUT2D eigenvalue weighted by atomic mass is 10.0. The molecule has 4 heteroatoms. The van der Waals surface area contributed by atoms with Gasteiger partial charge in [0.15, 0.2) is 0 Å². The van der Waals surface area contributed by atoms with Gasteiger partial charge >= 0.3 is 0 Å². The fraction of sp³-hybridized carbons (Fsp3) is 0.923. The summed E-state index contributed by atoms with van der Waals surface area (Å²) in [5.41, 5.74) is -0.436. The van der Waals surface area contributed by atoms with Crippen molar-refractivity contribution >= 4 is 5.91 Å². The lowest BCUT2D eigenvalue weighted by molar-refractivity contribution is -0.139. The van der Waals surface area contributed by atoms with E-state index in [1.165, 1.54) is 0 Å². The second-order valence-electron chi connectivity index (χ2n) is 5.58. The summed E-state index contributed by atoms with van der Waals surface area (Å²) >= 11 is 0. The third kappa shape index (κ3) is 3.68. The van der Waals surface area contributed by atoms with E-state index in [1.807, 2.05) is 25.7 Å². The first-order valence-electron chi connectivity index (χ1n) is 6.67. The molecule has 1 saturated heterocycles. The Morgan fingerprint density at radius 3 is 2.18 bits per heavy atom. The quantitative estimate of drug-likeness (QED) is 0.795. The van der Waals surface area contributed by atoms with Crippen LogP contribution in [0.15, 0.2) is 0 Å². The summed E-state index contributed by atoms with van der Waals surface area (Å²) in [6.07, 6.45) is 0.